The van der Waals surface area contributed by atoms with Gasteiger partial charge in [0.05, 0.1) is 25.4 Å². The fourth-order valence-electron chi connectivity index (χ4n) is 9.41. The van der Waals surface area contributed by atoms with Crippen molar-refractivity contribution in [2.75, 3.05) is 13.2 Å². The average Bonchev–Trinajstić information content (AvgIpc) is 3.29. The molecule has 2 unspecified atom stereocenters. The minimum Gasteiger partial charge on any atom is -0.466 e. The number of aliphatic hydroxyl groups excluding tert-OH is 2. The van der Waals surface area contributed by atoms with E-state index in [-0.39, 0.29) is 18.5 Å². The zero-order valence-corrected chi connectivity index (χ0v) is 43.5. The van der Waals surface area contributed by atoms with E-state index in [0.29, 0.717) is 25.9 Å². The summed E-state index contributed by atoms with van der Waals surface area (Å²) in [5.74, 6) is -0.0770. The molecule has 0 saturated carbocycles. The van der Waals surface area contributed by atoms with E-state index < -0.39 is 12.1 Å². The number of hydrogen-bond donors (Lipinski definition) is 3. The van der Waals surface area contributed by atoms with E-state index >= 15 is 0 Å². The third-order valence-corrected chi connectivity index (χ3v) is 13.9. The monoisotopic (exact) mass is 906 g/mol. The molecule has 382 valence electrons. The van der Waals surface area contributed by atoms with Crippen LogP contribution in [0.1, 0.15) is 335 Å². The Morgan fingerprint density at radius 2 is 0.641 bits per heavy atom. The Labute approximate surface area is 400 Å². The lowest BCUT2D eigenvalue weighted by atomic mass is 10.0. The molecular weight excluding hydrogens is 791 g/mol. The third kappa shape index (κ3) is 50.3. The molecular formula is C58H115NO5. The van der Waals surface area contributed by atoms with Crippen molar-refractivity contribution < 1.29 is 24.5 Å². The molecule has 0 fully saturated rings. The molecule has 0 aromatic carbocycles. The number of ether oxygens (including phenoxy) is 1. The molecule has 3 N–H and O–H groups in total. The Morgan fingerprint density at radius 1 is 0.375 bits per heavy atom. The van der Waals surface area contributed by atoms with Gasteiger partial charge in [-0.2, -0.15) is 0 Å². The highest BCUT2D eigenvalue weighted by atomic mass is 16.5. The fourth-order valence-corrected chi connectivity index (χ4v) is 9.41. The molecule has 0 aliphatic carbocycles. The van der Waals surface area contributed by atoms with Gasteiger partial charge in [-0.15, -0.1) is 0 Å². The lowest BCUT2D eigenvalue weighted by Gasteiger charge is -2.22. The predicted molar refractivity (Wildman–Crippen MR) is 278 cm³/mol. The van der Waals surface area contributed by atoms with Crippen LogP contribution in [0.2, 0.25) is 0 Å². The first kappa shape index (κ1) is 62.9. The summed E-state index contributed by atoms with van der Waals surface area (Å²) in [6, 6.07) is -0.560. The number of esters is 1. The molecule has 0 heterocycles. The van der Waals surface area contributed by atoms with Crippen LogP contribution in [0.4, 0.5) is 0 Å². The second-order valence-electron chi connectivity index (χ2n) is 20.3. The lowest BCUT2D eigenvalue weighted by Crippen LogP contribution is -2.45. The molecule has 0 radical (unpaired) electrons. The number of hydrogen-bond acceptors (Lipinski definition) is 5. The second kappa shape index (κ2) is 54.5. The van der Waals surface area contributed by atoms with Gasteiger partial charge in [-0.05, 0) is 25.7 Å². The van der Waals surface area contributed by atoms with Gasteiger partial charge in [0.1, 0.15) is 0 Å². The number of amides is 1. The molecule has 0 spiro atoms. The smallest absolute Gasteiger partial charge is 0.305 e. The van der Waals surface area contributed by atoms with Crippen molar-refractivity contribution in [3.63, 3.8) is 0 Å². The normalized spacial score (nSPS) is 12.5. The molecule has 2 atom stereocenters. The Hall–Kier alpha value is -1.14. The summed E-state index contributed by atoms with van der Waals surface area (Å²) in [6.45, 7) is 4.93. The minimum atomic E-state index is -0.681. The molecule has 0 aliphatic heterocycles. The van der Waals surface area contributed by atoms with Crippen molar-refractivity contribution in [3.05, 3.63) is 0 Å². The van der Waals surface area contributed by atoms with Crippen LogP contribution in [0, 0.1) is 0 Å². The number of carbonyl (C=O) groups is 2. The van der Waals surface area contributed by atoms with Crippen LogP contribution < -0.4 is 5.32 Å². The van der Waals surface area contributed by atoms with Crippen molar-refractivity contribution in [1.29, 1.82) is 0 Å². The predicted octanol–water partition coefficient (Wildman–Crippen LogP) is 17.9. The molecule has 0 rings (SSSR count). The maximum absolute atomic E-state index is 12.5. The van der Waals surface area contributed by atoms with Crippen molar-refractivity contribution in [1.82, 2.24) is 5.32 Å². The van der Waals surface area contributed by atoms with Gasteiger partial charge < -0.3 is 20.3 Å². The number of carbonyl (C=O) groups excluding carboxylic acids is 2. The summed E-state index contributed by atoms with van der Waals surface area (Å²) in [7, 11) is 0. The van der Waals surface area contributed by atoms with E-state index in [0.717, 1.165) is 57.8 Å². The van der Waals surface area contributed by atoms with Gasteiger partial charge in [0.15, 0.2) is 0 Å². The first-order valence-corrected chi connectivity index (χ1v) is 29.3. The molecule has 1 amide bonds. The Morgan fingerprint density at radius 3 is 0.953 bits per heavy atom. The SMILES string of the molecule is CCCCCCCCCCCCCCCCCCCCCCCC(O)C(CO)NC(=O)CCCCCCCCCCCOC(=O)CCCCCCCCCCCCCCCCCCC. The van der Waals surface area contributed by atoms with Gasteiger partial charge in [0, 0.05) is 12.8 Å². The highest BCUT2D eigenvalue weighted by Gasteiger charge is 2.20. The minimum absolute atomic E-state index is 0.0194. The molecule has 64 heavy (non-hydrogen) atoms. The first-order valence-electron chi connectivity index (χ1n) is 29.3. The summed E-state index contributed by atoms with van der Waals surface area (Å²) < 4.78 is 5.47. The van der Waals surface area contributed by atoms with Gasteiger partial charge in [0.2, 0.25) is 5.91 Å². The van der Waals surface area contributed by atoms with E-state index in [1.54, 1.807) is 0 Å². The van der Waals surface area contributed by atoms with Crippen molar-refractivity contribution in [3.8, 4) is 0 Å². The molecule has 0 aliphatic rings. The molecule has 0 bridgehead atoms. The van der Waals surface area contributed by atoms with E-state index in [1.807, 2.05) is 0 Å². The van der Waals surface area contributed by atoms with E-state index in [2.05, 4.69) is 19.2 Å². The van der Waals surface area contributed by atoms with Crippen molar-refractivity contribution in [2.45, 2.75) is 347 Å². The van der Waals surface area contributed by atoms with Gasteiger partial charge in [0.25, 0.3) is 0 Å². The van der Waals surface area contributed by atoms with Gasteiger partial charge in [-0.1, -0.05) is 296 Å². The zero-order chi connectivity index (χ0) is 46.5. The van der Waals surface area contributed by atoms with Crippen LogP contribution in [0.15, 0.2) is 0 Å². The summed E-state index contributed by atoms with van der Waals surface area (Å²) in [5, 5.41) is 23.3. The van der Waals surface area contributed by atoms with E-state index in [1.165, 1.54) is 244 Å². The van der Waals surface area contributed by atoms with Crippen LogP contribution in [-0.4, -0.2) is 47.4 Å². The number of rotatable bonds is 55. The zero-order valence-electron chi connectivity index (χ0n) is 43.5. The van der Waals surface area contributed by atoms with Crippen LogP contribution in [-0.2, 0) is 14.3 Å². The maximum atomic E-state index is 12.5. The van der Waals surface area contributed by atoms with Crippen LogP contribution in [0.5, 0.6) is 0 Å². The summed E-state index contributed by atoms with van der Waals surface area (Å²) >= 11 is 0. The van der Waals surface area contributed by atoms with Crippen LogP contribution >= 0.6 is 0 Å². The largest absolute Gasteiger partial charge is 0.466 e. The highest BCUT2D eigenvalue weighted by molar-refractivity contribution is 5.76. The summed E-state index contributed by atoms with van der Waals surface area (Å²) in [6.07, 6.45) is 62.3. The summed E-state index contributed by atoms with van der Waals surface area (Å²) in [5.41, 5.74) is 0. The molecule has 6 nitrogen and oxygen atoms in total. The average molecular weight is 907 g/mol. The van der Waals surface area contributed by atoms with Crippen LogP contribution in [0.25, 0.3) is 0 Å². The topological polar surface area (TPSA) is 95.9 Å². The second-order valence-corrected chi connectivity index (χ2v) is 20.3. The fraction of sp³-hybridized carbons (Fsp3) is 0.966. The molecule has 0 saturated heterocycles. The Bertz CT molecular complexity index is 913. The lowest BCUT2D eigenvalue weighted by molar-refractivity contribution is -0.143. The molecule has 0 aromatic heterocycles. The van der Waals surface area contributed by atoms with E-state index in [4.69, 9.17) is 4.74 Å². The Balaban J connectivity index is 3.45. The van der Waals surface area contributed by atoms with Crippen LogP contribution in [0.3, 0.4) is 0 Å². The number of aliphatic hydroxyl groups is 2. The maximum Gasteiger partial charge on any atom is 0.305 e. The van der Waals surface area contributed by atoms with Gasteiger partial charge in [-0.25, -0.2) is 0 Å². The van der Waals surface area contributed by atoms with Crippen molar-refractivity contribution in [2.24, 2.45) is 0 Å². The standard InChI is InChI=1S/C58H115NO5/c1-3-5-7-9-11-13-15-17-19-21-22-23-24-26-27-29-31-34-38-42-46-50-56(61)55(54-60)59-57(62)51-47-43-39-35-33-37-41-45-49-53-64-58(63)52-48-44-40-36-32-30-28-25-20-18-16-14-12-10-8-6-4-2/h55-56,60-61H,3-54H2,1-2H3,(H,59,62). The van der Waals surface area contributed by atoms with Crippen molar-refractivity contribution >= 4 is 11.9 Å². The van der Waals surface area contributed by atoms with E-state index in [9.17, 15) is 19.8 Å². The molecule has 0 aromatic rings. The first-order chi connectivity index (χ1) is 31.5. The molecule has 6 heteroatoms. The quantitative estimate of drug-likeness (QED) is 0.0417. The number of unbranched alkanes of at least 4 members (excludes halogenated alkanes) is 44. The highest BCUT2D eigenvalue weighted by Crippen LogP contribution is 2.18. The van der Waals surface area contributed by atoms with Gasteiger partial charge in [-0.3, -0.25) is 9.59 Å². The van der Waals surface area contributed by atoms with Gasteiger partial charge >= 0.3 is 5.97 Å². The third-order valence-electron chi connectivity index (χ3n) is 13.9. The summed E-state index contributed by atoms with van der Waals surface area (Å²) in [4.78, 5) is 24.6. The number of nitrogens with one attached hydrogen (secondary N) is 1. The Kier molecular flexibility index (Phi) is 53.5.